The summed E-state index contributed by atoms with van der Waals surface area (Å²) < 4.78 is 16.6. The normalized spacial score (nSPS) is 10.4. The Kier molecular flexibility index (Phi) is 76.6. The van der Waals surface area contributed by atoms with Crippen LogP contribution < -0.4 is 16.0 Å². The summed E-state index contributed by atoms with van der Waals surface area (Å²) in [5.41, 5.74) is 5.63. The van der Waals surface area contributed by atoms with E-state index in [4.69, 9.17) is 20.6 Å². The molecule has 10 heteroatoms. The quantitative estimate of drug-likeness (QED) is 0.0571. The Bertz CT molecular complexity index is 5700. The second-order valence-electron chi connectivity index (χ2n) is 48.3. The molecule has 0 saturated heterocycles. The van der Waals surface area contributed by atoms with Gasteiger partial charge in [0, 0.05) is 231 Å². The zero-order valence-electron chi connectivity index (χ0n) is 95.6. The molecule has 0 radical (unpaired) electrons. The van der Waals surface area contributed by atoms with Crippen LogP contribution >= 0.6 is 0 Å². The first-order valence-corrected chi connectivity index (χ1v) is 49.7. The number of ketones is 1. The summed E-state index contributed by atoms with van der Waals surface area (Å²) in [6.45, 7) is 88.0. The standard InChI is InChI=1S/C45H4.C22H35NO2.C19H31NO.C14H30O2.C12H25NO.C12H26O.C10H22/c1-3-5-7-9-11-13-15-17-19-21-23-25-27-29-31-33-35-37-39-41-43-45-44-42-40-38-36-34-32-30-28-26-24-22-20-18-16-14-12-10-8-6-4-2;1-21(2,3)12-13-23-20(25)18(14-17-10-8-7-9-11-17)15-19(24)16-22(4,5)6;1-18(2,3)12-13-20-17(21)16(19(4,5)6)14-15-10-8-7-9-11-15;1-13(2,3)7-9-15-11-12-16-10-8-14(4,5)6;1-11(2,3)7-8-13-10(14)9-12(4,5)6;1-11(2,3)7-9-13-10-8-12(4,5)6;1-9(2,3)7-8-10(4,5)6/h1H,2H3;7-11,18H,12-16H2,1-6H3,(H,23,25);7-11,16H,12-14H2,1-6H3,(H,20,21);7-12H2,1-6H3;7-9H2,1-6H3,(H,13,14);7-10H2,1-6H3;7-8H2,1-6H3. The predicted molar refractivity (Wildman–Crippen MR) is 610 cm³/mol. The lowest BCUT2D eigenvalue weighted by Crippen LogP contribution is -2.40. The zero-order valence-corrected chi connectivity index (χ0v) is 95.6. The van der Waals surface area contributed by atoms with Crippen molar-refractivity contribution in [3.05, 3.63) is 71.8 Å². The average molecular weight is 1940 g/mol. The number of nitrogens with one attached hydrogen (secondary N) is 3. The third kappa shape index (κ3) is 121. The number of Topliss-reactive ketones (excluding diaryl/α,β-unsaturated/α-hetero) is 1. The van der Waals surface area contributed by atoms with Crippen molar-refractivity contribution in [1.29, 1.82) is 0 Å². The molecule has 10 nitrogen and oxygen atoms in total. The molecule has 0 bridgehead atoms. The van der Waals surface area contributed by atoms with E-state index in [1.54, 1.807) is 6.92 Å². The van der Waals surface area contributed by atoms with Crippen molar-refractivity contribution in [3.63, 3.8) is 0 Å². The number of ether oxygens (including phenoxy) is 3. The maximum Gasteiger partial charge on any atom is 0.223 e. The molecule has 0 aliphatic rings. The van der Waals surface area contributed by atoms with Crippen molar-refractivity contribution in [2.24, 2.45) is 76.8 Å². The van der Waals surface area contributed by atoms with Crippen molar-refractivity contribution in [2.45, 2.75) is 346 Å². The second-order valence-corrected chi connectivity index (χ2v) is 48.3. The predicted octanol–water partition coefficient (Wildman–Crippen LogP) is 24.5. The fourth-order valence-corrected chi connectivity index (χ4v) is 10.3. The second kappa shape index (κ2) is 79.2. The van der Waals surface area contributed by atoms with Gasteiger partial charge in [0.05, 0.1) is 13.2 Å². The molecule has 0 fully saturated rings. The molecule has 3 N–H and O–H groups in total. The van der Waals surface area contributed by atoms with E-state index in [-0.39, 0.29) is 62.4 Å². The highest BCUT2D eigenvalue weighted by molar-refractivity contribution is 5.87. The van der Waals surface area contributed by atoms with Gasteiger partial charge in [0.1, 0.15) is 5.78 Å². The zero-order chi connectivity index (χ0) is 111. The Balaban J connectivity index is -0.000000557. The summed E-state index contributed by atoms with van der Waals surface area (Å²) in [6.07, 6.45) is 17.9. The Morgan fingerprint density at radius 3 is 0.708 bits per heavy atom. The Morgan fingerprint density at radius 2 is 0.479 bits per heavy atom. The van der Waals surface area contributed by atoms with Gasteiger partial charge in [0.15, 0.2) is 0 Å². The molecule has 0 aromatic heterocycles. The van der Waals surface area contributed by atoms with Crippen LogP contribution in [0.5, 0.6) is 0 Å². The monoisotopic (exact) mass is 1940 g/mol. The lowest BCUT2D eigenvalue weighted by Gasteiger charge is -2.30. The highest BCUT2D eigenvalue weighted by Gasteiger charge is 2.32. The molecule has 2 atom stereocenters. The van der Waals surface area contributed by atoms with E-state index < -0.39 is 0 Å². The summed E-state index contributed by atoms with van der Waals surface area (Å²) in [4.78, 5) is 49.1. The minimum atomic E-state index is -0.294. The Morgan fingerprint density at radius 1 is 0.257 bits per heavy atom. The van der Waals surface area contributed by atoms with Gasteiger partial charge in [-0.15, -0.1) is 6.42 Å². The van der Waals surface area contributed by atoms with Crippen molar-refractivity contribution >= 4 is 23.5 Å². The van der Waals surface area contributed by atoms with Gasteiger partial charge in [-0.2, -0.15) is 0 Å². The average Bonchev–Trinajstić information content (AvgIpc) is 0.840. The number of terminal acetylenes is 1. The van der Waals surface area contributed by atoms with Gasteiger partial charge in [-0.05, 0) is 248 Å². The maximum atomic E-state index is 12.7. The van der Waals surface area contributed by atoms with E-state index in [0.717, 1.165) is 110 Å². The van der Waals surface area contributed by atoms with E-state index in [2.05, 4.69) is 532 Å². The molecule has 144 heavy (non-hydrogen) atoms. The van der Waals surface area contributed by atoms with Gasteiger partial charge in [0.25, 0.3) is 0 Å². The molecule has 2 aromatic carbocycles. The number of amides is 3. The number of carbonyl (C=O) groups is 4. The molecule has 0 spiro atoms. The lowest BCUT2D eigenvalue weighted by atomic mass is 9.76. The Labute approximate surface area is 882 Å². The van der Waals surface area contributed by atoms with Crippen molar-refractivity contribution in [3.8, 4) is 261 Å². The number of hydrogen-bond acceptors (Lipinski definition) is 7. The van der Waals surface area contributed by atoms with E-state index in [0.29, 0.717) is 70.1 Å². The molecule has 766 valence electrons. The van der Waals surface area contributed by atoms with Crippen LogP contribution in [0.4, 0.5) is 0 Å². The van der Waals surface area contributed by atoms with Crippen LogP contribution in [-0.4, -0.2) is 82.8 Å². The molecular weight excluding hydrogens is 1760 g/mol. The smallest absolute Gasteiger partial charge is 0.223 e. The van der Waals surface area contributed by atoms with Crippen LogP contribution in [0.1, 0.15) is 344 Å². The van der Waals surface area contributed by atoms with Crippen LogP contribution in [0.15, 0.2) is 60.7 Å². The van der Waals surface area contributed by atoms with Crippen molar-refractivity contribution in [1.82, 2.24) is 16.0 Å². The highest BCUT2D eigenvalue weighted by atomic mass is 16.5. The molecule has 3 amide bonds. The summed E-state index contributed by atoms with van der Waals surface area (Å²) in [5, 5.41) is 9.12. The van der Waals surface area contributed by atoms with Gasteiger partial charge >= 0.3 is 0 Å². The lowest BCUT2D eigenvalue weighted by molar-refractivity contribution is -0.130. The van der Waals surface area contributed by atoms with E-state index in [1.807, 2.05) is 48.5 Å². The van der Waals surface area contributed by atoms with E-state index >= 15 is 0 Å². The van der Waals surface area contributed by atoms with Gasteiger partial charge < -0.3 is 30.2 Å². The van der Waals surface area contributed by atoms with Crippen LogP contribution in [0.2, 0.25) is 0 Å². The first kappa shape index (κ1) is 139. The van der Waals surface area contributed by atoms with Crippen LogP contribution in [0.25, 0.3) is 0 Å². The Hall–Kier alpha value is -13.3. The minimum Gasteiger partial charge on any atom is -0.381 e. The van der Waals surface area contributed by atoms with E-state index in [1.165, 1.54) is 18.4 Å². The molecule has 2 aromatic rings. The summed E-state index contributed by atoms with van der Waals surface area (Å²) in [7, 11) is 0. The fourth-order valence-electron chi connectivity index (χ4n) is 10.3. The number of hydrogen-bond donors (Lipinski definition) is 3. The van der Waals surface area contributed by atoms with Gasteiger partial charge in [-0.1, -0.05) is 316 Å². The minimum absolute atomic E-state index is 0.000122. The van der Waals surface area contributed by atoms with Crippen LogP contribution in [0.3, 0.4) is 0 Å². The number of rotatable bonds is 28. The molecule has 0 saturated carbocycles. The number of benzene rings is 2. The maximum absolute atomic E-state index is 12.7. The fraction of sp³-hybridized carbons (Fsp3) is 0.552. The first-order chi connectivity index (χ1) is 66.7. The summed E-state index contributed by atoms with van der Waals surface area (Å²) in [6, 6.07) is 20.2. The van der Waals surface area contributed by atoms with E-state index in [9.17, 15) is 19.2 Å². The van der Waals surface area contributed by atoms with Crippen molar-refractivity contribution in [2.75, 3.05) is 59.3 Å². The van der Waals surface area contributed by atoms with Gasteiger partial charge in [-0.3, -0.25) is 19.2 Å². The SMILES string of the molecule is C#CC#CC#CC#CC#CC#CC#CC#CC#CC#CC#CC#CC#CC#CC#CC#CC#CC#CC#CC#CC#CC#CC.CC(C)(C)CCC(C)(C)C.CC(C)(C)CCNC(=O)C(CC(=O)CC(C)(C)C)Cc1ccccc1.CC(C)(C)CCNC(=O)C(Cc1ccccc1)C(C)(C)C.CC(C)(C)CCNC(=O)CC(C)(C)C.CC(C)(C)CCOCCC(C)(C)C.CC(C)(C)CCOCCOCCC(C)(C)C. The first-order valence-electron chi connectivity index (χ1n) is 49.7. The summed E-state index contributed by atoms with van der Waals surface area (Å²) in [5.74, 6) is 107. The third-order valence-electron chi connectivity index (χ3n) is 18.5. The van der Waals surface area contributed by atoms with Gasteiger partial charge in [-0.25, -0.2) is 0 Å². The van der Waals surface area contributed by atoms with Crippen LogP contribution in [0, 0.1) is 338 Å². The highest BCUT2D eigenvalue weighted by Crippen LogP contribution is 2.32. The largest absolute Gasteiger partial charge is 0.381 e. The number of carbonyl (C=O) groups excluding carboxylic acids is 4. The van der Waals surface area contributed by atoms with Crippen LogP contribution in [-0.2, 0) is 46.2 Å². The van der Waals surface area contributed by atoms with Gasteiger partial charge in [0.2, 0.25) is 17.7 Å². The summed E-state index contributed by atoms with van der Waals surface area (Å²) >= 11 is 0. The molecule has 2 unspecified atom stereocenters. The third-order valence-corrected chi connectivity index (χ3v) is 18.5. The molecule has 2 rings (SSSR count). The van der Waals surface area contributed by atoms with Crippen molar-refractivity contribution < 1.29 is 33.4 Å². The topological polar surface area (TPSA) is 132 Å². The molecule has 0 aliphatic carbocycles. The molecule has 0 aliphatic heterocycles. The molecule has 0 heterocycles. The molecular formula is C134H173N3O7.